The molecule has 0 radical (unpaired) electrons. The molecule has 3 N–H and O–H groups in total. The first-order valence-electron chi connectivity index (χ1n) is 10.0. The average Bonchev–Trinajstić information content (AvgIpc) is 2.80. The van der Waals surface area contributed by atoms with Crippen LogP contribution in [0.1, 0.15) is 29.7 Å². The zero-order chi connectivity index (χ0) is 25.2. The number of benzene rings is 2. The highest BCUT2D eigenvalue weighted by Crippen LogP contribution is 2.41. The zero-order valence-electron chi connectivity index (χ0n) is 17.8. The van der Waals surface area contributed by atoms with Gasteiger partial charge in [-0.25, -0.2) is 9.59 Å². The molecule has 2 aromatic carbocycles. The number of hydrogen-bond acceptors (Lipinski definition) is 5. The molecule has 1 aliphatic heterocycles. The Morgan fingerprint density at radius 3 is 2.38 bits per heavy atom. The highest BCUT2D eigenvalue weighted by atomic mass is 19.4. The lowest BCUT2D eigenvalue weighted by atomic mass is 9.92. The summed E-state index contributed by atoms with van der Waals surface area (Å²) in [6.07, 6.45) is -6.14. The van der Waals surface area contributed by atoms with Gasteiger partial charge in [-0.15, -0.1) is 0 Å². The van der Waals surface area contributed by atoms with E-state index >= 15 is 0 Å². The van der Waals surface area contributed by atoms with E-state index in [4.69, 9.17) is 5.26 Å². The molecule has 1 unspecified atom stereocenters. The number of anilines is 1. The van der Waals surface area contributed by atoms with Crippen LogP contribution in [0, 0.1) is 11.3 Å². The van der Waals surface area contributed by atoms with Crippen molar-refractivity contribution < 1.29 is 38.1 Å². The molecule has 0 fully saturated rings. The lowest BCUT2D eigenvalue weighted by molar-refractivity contribution is -0.137. The summed E-state index contributed by atoms with van der Waals surface area (Å²) < 4.78 is 39.8. The van der Waals surface area contributed by atoms with Crippen molar-refractivity contribution in [3.05, 3.63) is 76.5 Å². The third-order valence-electron chi connectivity index (χ3n) is 5.38. The largest absolute Gasteiger partial charge is 0.478 e. The van der Waals surface area contributed by atoms with Crippen LogP contribution < -0.4 is 4.90 Å². The summed E-state index contributed by atoms with van der Waals surface area (Å²) >= 11 is 0. The van der Waals surface area contributed by atoms with E-state index in [0.29, 0.717) is 5.56 Å². The second-order valence-electron chi connectivity index (χ2n) is 7.60. The Bertz CT molecular complexity index is 1170. The molecule has 1 aliphatic rings. The van der Waals surface area contributed by atoms with Crippen molar-refractivity contribution in [2.24, 2.45) is 0 Å². The molecule has 34 heavy (non-hydrogen) atoms. The van der Waals surface area contributed by atoms with Gasteiger partial charge >= 0.3 is 18.2 Å². The third kappa shape index (κ3) is 4.73. The molecular weight excluding hydrogens is 455 g/mol. The van der Waals surface area contributed by atoms with Crippen LogP contribution in [0.3, 0.4) is 0 Å². The monoisotopic (exact) mass is 475 g/mol. The number of halogens is 3. The number of amides is 2. The Labute approximate surface area is 192 Å². The molecule has 2 aromatic rings. The molecule has 178 valence electrons. The van der Waals surface area contributed by atoms with E-state index in [1.54, 1.807) is 0 Å². The molecular formula is C23H20F3N3O5. The number of nitriles is 1. The van der Waals surface area contributed by atoms with Crippen LogP contribution in [-0.2, 0) is 11.0 Å². The number of aliphatic hydroxyl groups is 2. The number of allylic oxidation sites excluding steroid dienone is 1. The molecule has 0 saturated heterocycles. The first-order valence-corrected chi connectivity index (χ1v) is 10.0. The van der Waals surface area contributed by atoms with Gasteiger partial charge < -0.3 is 20.2 Å². The van der Waals surface area contributed by atoms with Crippen molar-refractivity contribution in [1.29, 1.82) is 5.26 Å². The fraction of sp³-hybridized carbons (Fsp3) is 0.261. The Kier molecular flexibility index (Phi) is 6.95. The summed E-state index contributed by atoms with van der Waals surface area (Å²) in [6.45, 7) is 0.0656. The molecule has 1 heterocycles. The van der Waals surface area contributed by atoms with E-state index in [1.165, 1.54) is 37.3 Å². The molecule has 2 atom stereocenters. The van der Waals surface area contributed by atoms with Crippen LogP contribution in [0.2, 0.25) is 0 Å². The average molecular weight is 475 g/mol. The lowest BCUT2D eigenvalue weighted by Gasteiger charge is -2.43. The van der Waals surface area contributed by atoms with Gasteiger partial charge in [-0.2, -0.15) is 18.4 Å². The number of carbonyl (C=O) groups excluding carboxylic acids is 1. The Balaban J connectivity index is 2.24. The minimum Gasteiger partial charge on any atom is -0.478 e. The molecule has 0 aliphatic carbocycles. The number of nitrogens with zero attached hydrogens (tertiary/aromatic N) is 3. The maximum atomic E-state index is 13.5. The number of hydrogen-bond donors (Lipinski definition) is 3. The topological polar surface area (TPSA) is 125 Å². The summed E-state index contributed by atoms with van der Waals surface area (Å²) in [6, 6.07) is 9.43. The summed E-state index contributed by atoms with van der Waals surface area (Å²) in [5.74, 6) is -1.43. The number of carbonyl (C=O) groups is 2. The van der Waals surface area contributed by atoms with Crippen LogP contribution >= 0.6 is 0 Å². The van der Waals surface area contributed by atoms with E-state index < -0.39 is 49.0 Å². The van der Waals surface area contributed by atoms with Crippen LogP contribution in [-0.4, -0.2) is 51.5 Å². The number of alkyl halides is 3. The third-order valence-corrected chi connectivity index (χ3v) is 5.38. The zero-order valence-corrected chi connectivity index (χ0v) is 17.8. The Hall–Kier alpha value is -3.88. The maximum absolute atomic E-state index is 13.5. The Morgan fingerprint density at radius 1 is 1.21 bits per heavy atom. The summed E-state index contributed by atoms with van der Waals surface area (Å²) in [5.41, 5.74) is -1.07. The minimum absolute atomic E-state index is 0.110. The molecule has 2 amide bonds. The number of urea groups is 1. The van der Waals surface area contributed by atoms with E-state index in [2.05, 4.69) is 0 Å². The highest BCUT2D eigenvalue weighted by Gasteiger charge is 2.43. The van der Waals surface area contributed by atoms with Crippen molar-refractivity contribution >= 4 is 17.7 Å². The minimum atomic E-state index is -4.69. The molecule has 0 spiro atoms. The van der Waals surface area contributed by atoms with Crippen molar-refractivity contribution in [2.45, 2.75) is 25.2 Å². The Morgan fingerprint density at radius 2 is 1.85 bits per heavy atom. The van der Waals surface area contributed by atoms with E-state index in [-0.39, 0.29) is 22.5 Å². The number of aliphatic carboxylic acids is 1. The molecule has 8 nitrogen and oxygen atoms in total. The van der Waals surface area contributed by atoms with Gasteiger partial charge in [0.15, 0.2) is 0 Å². The molecule has 11 heteroatoms. The van der Waals surface area contributed by atoms with Crippen LogP contribution in [0.5, 0.6) is 0 Å². The van der Waals surface area contributed by atoms with E-state index in [9.17, 15) is 38.1 Å². The van der Waals surface area contributed by atoms with E-state index in [0.717, 1.165) is 28.0 Å². The second kappa shape index (κ2) is 9.54. The fourth-order valence-electron chi connectivity index (χ4n) is 3.81. The van der Waals surface area contributed by atoms with Crippen molar-refractivity contribution in [1.82, 2.24) is 4.90 Å². The quantitative estimate of drug-likeness (QED) is 0.589. The molecule has 3 rings (SSSR count). The summed E-state index contributed by atoms with van der Waals surface area (Å²) in [5, 5.41) is 38.4. The van der Waals surface area contributed by atoms with Gasteiger partial charge in [0.1, 0.15) is 0 Å². The summed E-state index contributed by atoms with van der Waals surface area (Å²) in [4.78, 5) is 27.6. The van der Waals surface area contributed by atoms with Crippen molar-refractivity contribution in [3.63, 3.8) is 0 Å². The number of carboxylic acid groups (broad SMARTS) is 1. The smallest absolute Gasteiger partial charge is 0.416 e. The first-order chi connectivity index (χ1) is 16.0. The van der Waals surface area contributed by atoms with Crippen molar-refractivity contribution in [2.75, 3.05) is 18.1 Å². The van der Waals surface area contributed by atoms with Gasteiger partial charge in [-0.3, -0.25) is 4.90 Å². The van der Waals surface area contributed by atoms with Crippen molar-refractivity contribution in [3.8, 4) is 6.07 Å². The number of aliphatic hydroxyl groups excluding tert-OH is 2. The standard InChI is InChI=1S/C23H20F3N3O5/c1-13-19(21(32)33)20(15-7-5-14(10-27)6-8-15)28(11-18(31)12-30)22(34)29(13)17-4-2-3-16(9-17)23(24,25)26/h2-9,18,20,30-31H,11-12H2,1H3,(H,32,33)/t18?,20-/m1/s1. The van der Waals surface area contributed by atoms with Gasteiger partial charge in [-0.1, -0.05) is 18.2 Å². The molecule has 0 saturated carbocycles. The van der Waals surface area contributed by atoms with Gasteiger partial charge in [0.05, 0.1) is 53.8 Å². The summed E-state index contributed by atoms with van der Waals surface area (Å²) in [7, 11) is 0. The predicted molar refractivity (Wildman–Crippen MR) is 113 cm³/mol. The fourth-order valence-corrected chi connectivity index (χ4v) is 3.81. The molecule has 0 bridgehead atoms. The van der Waals surface area contributed by atoms with E-state index in [1.807, 2.05) is 6.07 Å². The van der Waals surface area contributed by atoms with Gasteiger partial charge in [0, 0.05) is 5.70 Å². The first kappa shape index (κ1) is 24.8. The van der Waals surface area contributed by atoms with Crippen LogP contribution in [0.4, 0.5) is 23.7 Å². The predicted octanol–water partition coefficient (Wildman–Crippen LogP) is 3.27. The normalized spacial score (nSPS) is 17.6. The number of β-amino-alcohol motifs (C(OH)–C–C–N with tert-alkyl or cyclic N) is 1. The lowest BCUT2D eigenvalue weighted by Crippen LogP contribution is -2.53. The number of carboxylic acids is 1. The van der Waals surface area contributed by atoms with Gasteiger partial charge in [-0.05, 0) is 42.8 Å². The van der Waals surface area contributed by atoms with Crippen LogP contribution in [0.15, 0.2) is 59.8 Å². The highest BCUT2D eigenvalue weighted by molar-refractivity contribution is 6.02. The molecule has 0 aromatic heterocycles. The van der Waals surface area contributed by atoms with Gasteiger partial charge in [0.2, 0.25) is 0 Å². The van der Waals surface area contributed by atoms with Crippen LogP contribution in [0.25, 0.3) is 0 Å². The second-order valence-corrected chi connectivity index (χ2v) is 7.60. The van der Waals surface area contributed by atoms with Gasteiger partial charge in [0.25, 0.3) is 0 Å². The maximum Gasteiger partial charge on any atom is 0.416 e. The number of rotatable bonds is 6. The SMILES string of the molecule is CC1=C(C(=O)O)[C@@H](c2ccc(C#N)cc2)N(CC(O)CO)C(=O)N1c1cccc(C(F)(F)F)c1.